The molecule has 0 aromatic heterocycles. The summed E-state index contributed by atoms with van der Waals surface area (Å²) in [5.41, 5.74) is 4.30. The molecule has 0 amide bonds. The zero-order valence-electron chi connectivity index (χ0n) is 10.5. The minimum absolute atomic E-state index is 0.221. The molecule has 2 rings (SSSR count). The smallest absolute Gasteiger partial charge is 0.123 e. The number of hydrogen-bond donors (Lipinski definition) is 0. The van der Waals surface area contributed by atoms with Crippen LogP contribution in [0.4, 0.5) is 15.8 Å². The van der Waals surface area contributed by atoms with E-state index in [2.05, 4.69) is 6.07 Å². The molecule has 18 heavy (non-hydrogen) atoms. The summed E-state index contributed by atoms with van der Waals surface area (Å²) in [6.45, 7) is 2.05. The second kappa shape index (κ2) is 5.40. The Balaban J connectivity index is 2.33. The third-order valence-electron chi connectivity index (χ3n) is 2.99. The fourth-order valence-corrected chi connectivity index (χ4v) is 2.15. The molecule has 1 nitrogen and oxygen atoms in total. The zero-order valence-corrected chi connectivity index (χ0v) is 11.2. The minimum Gasteiger partial charge on any atom is -0.344 e. The van der Waals surface area contributed by atoms with Gasteiger partial charge in [-0.05, 0) is 48.4 Å². The van der Waals surface area contributed by atoms with Gasteiger partial charge in [0.05, 0.1) is 0 Å². The molecule has 2 aromatic carbocycles. The maximum Gasteiger partial charge on any atom is 0.123 e. The largest absolute Gasteiger partial charge is 0.344 e. The number of anilines is 2. The lowest BCUT2D eigenvalue weighted by Crippen LogP contribution is -2.10. The van der Waals surface area contributed by atoms with Gasteiger partial charge in [-0.1, -0.05) is 12.1 Å². The van der Waals surface area contributed by atoms with Gasteiger partial charge >= 0.3 is 0 Å². The average Bonchev–Trinajstić information content (AvgIpc) is 2.38. The summed E-state index contributed by atoms with van der Waals surface area (Å²) in [5, 5.41) is 0. The fourth-order valence-electron chi connectivity index (χ4n) is 1.98. The molecular formula is C15H15ClFN. The summed E-state index contributed by atoms with van der Waals surface area (Å²) in [7, 11) is 1.97. The predicted molar refractivity (Wildman–Crippen MR) is 75.2 cm³/mol. The Morgan fingerprint density at radius 1 is 1.11 bits per heavy atom. The number of halogens is 2. The summed E-state index contributed by atoms with van der Waals surface area (Å²) >= 11 is 5.81. The predicted octanol–water partition coefficient (Wildman–Crippen LogP) is 4.64. The van der Waals surface area contributed by atoms with E-state index in [1.165, 1.54) is 12.1 Å². The van der Waals surface area contributed by atoms with Crippen LogP contribution in [0.2, 0.25) is 0 Å². The SMILES string of the molecule is Cc1cc(CCl)ccc1N(C)c1ccc(F)cc1. The molecule has 94 valence electrons. The number of nitrogens with zero attached hydrogens (tertiary/aromatic N) is 1. The second-order valence-corrected chi connectivity index (χ2v) is 4.56. The Kier molecular flexibility index (Phi) is 3.87. The summed E-state index contributed by atoms with van der Waals surface area (Å²) in [6, 6.07) is 12.6. The van der Waals surface area contributed by atoms with Gasteiger partial charge in [-0.25, -0.2) is 4.39 Å². The van der Waals surface area contributed by atoms with Crippen LogP contribution < -0.4 is 4.90 Å². The Bertz CT molecular complexity index is 537. The molecular weight excluding hydrogens is 249 g/mol. The topological polar surface area (TPSA) is 3.24 Å². The first kappa shape index (κ1) is 12.9. The van der Waals surface area contributed by atoms with Crippen molar-refractivity contribution in [3.8, 4) is 0 Å². The van der Waals surface area contributed by atoms with Gasteiger partial charge in [-0.3, -0.25) is 0 Å². The first-order valence-electron chi connectivity index (χ1n) is 5.76. The molecule has 0 aliphatic rings. The van der Waals surface area contributed by atoms with Gasteiger partial charge in [0.15, 0.2) is 0 Å². The minimum atomic E-state index is -0.221. The first-order valence-corrected chi connectivity index (χ1v) is 6.30. The molecule has 0 saturated heterocycles. The number of hydrogen-bond acceptors (Lipinski definition) is 1. The van der Waals surface area contributed by atoms with Gasteiger partial charge in [-0.2, -0.15) is 0 Å². The van der Waals surface area contributed by atoms with Crippen LogP contribution in [0.1, 0.15) is 11.1 Å². The molecule has 0 heterocycles. The van der Waals surface area contributed by atoms with Gasteiger partial charge < -0.3 is 4.90 Å². The monoisotopic (exact) mass is 263 g/mol. The van der Waals surface area contributed by atoms with Crippen molar-refractivity contribution >= 4 is 23.0 Å². The molecule has 0 saturated carbocycles. The molecule has 0 radical (unpaired) electrons. The summed E-state index contributed by atoms with van der Waals surface area (Å²) < 4.78 is 12.9. The van der Waals surface area contributed by atoms with Crippen LogP contribution >= 0.6 is 11.6 Å². The first-order chi connectivity index (χ1) is 8.61. The fraction of sp³-hybridized carbons (Fsp3) is 0.200. The number of aryl methyl sites for hydroxylation is 1. The van der Waals surface area contributed by atoms with Crippen molar-refractivity contribution in [2.75, 3.05) is 11.9 Å². The molecule has 0 atom stereocenters. The molecule has 0 bridgehead atoms. The van der Waals surface area contributed by atoms with E-state index in [1.807, 2.05) is 31.0 Å². The van der Waals surface area contributed by atoms with Gasteiger partial charge in [0.2, 0.25) is 0 Å². The van der Waals surface area contributed by atoms with Crippen LogP contribution in [0.3, 0.4) is 0 Å². The van der Waals surface area contributed by atoms with Crippen LogP contribution in [-0.4, -0.2) is 7.05 Å². The molecule has 0 fully saturated rings. The van der Waals surface area contributed by atoms with Crippen molar-refractivity contribution in [2.45, 2.75) is 12.8 Å². The summed E-state index contributed by atoms with van der Waals surface area (Å²) in [5.74, 6) is 0.294. The molecule has 0 aliphatic heterocycles. The second-order valence-electron chi connectivity index (χ2n) is 4.29. The van der Waals surface area contributed by atoms with Crippen molar-refractivity contribution in [2.24, 2.45) is 0 Å². The summed E-state index contributed by atoms with van der Waals surface area (Å²) in [4.78, 5) is 2.03. The van der Waals surface area contributed by atoms with Gasteiger partial charge in [0, 0.05) is 24.3 Å². The van der Waals surface area contributed by atoms with Gasteiger partial charge in [0.1, 0.15) is 5.82 Å². The lowest BCUT2D eigenvalue weighted by molar-refractivity contribution is 0.628. The van der Waals surface area contributed by atoms with E-state index in [0.717, 1.165) is 22.5 Å². The van der Waals surface area contributed by atoms with Crippen LogP contribution in [0, 0.1) is 12.7 Å². The van der Waals surface area contributed by atoms with Crippen LogP contribution in [0.5, 0.6) is 0 Å². The van der Waals surface area contributed by atoms with Crippen LogP contribution in [0.25, 0.3) is 0 Å². The Labute approximate surface area is 112 Å². The Hall–Kier alpha value is -1.54. The van der Waals surface area contributed by atoms with Crippen LogP contribution in [0.15, 0.2) is 42.5 Å². The van der Waals surface area contributed by atoms with E-state index in [0.29, 0.717) is 5.88 Å². The quantitative estimate of drug-likeness (QED) is 0.729. The maximum atomic E-state index is 12.9. The molecule has 0 N–H and O–H groups in total. The third-order valence-corrected chi connectivity index (χ3v) is 3.30. The highest BCUT2D eigenvalue weighted by molar-refractivity contribution is 6.17. The Morgan fingerprint density at radius 3 is 2.33 bits per heavy atom. The van der Waals surface area contributed by atoms with E-state index in [1.54, 1.807) is 12.1 Å². The third kappa shape index (κ3) is 2.65. The number of rotatable bonds is 3. The normalized spacial score (nSPS) is 10.4. The molecule has 2 aromatic rings. The lowest BCUT2D eigenvalue weighted by Gasteiger charge is -2.22. The van der Waals surface area contributed by atoms with Crippen molar-refractivity contribution in [1.82, 2.24) is 0 Å². The van der Waals surface area contributed by atoms with Crippen molar-refractivity contribution in [3.05, 3.63) is 59.4 Å². The maximum absolute atomic E-state index is 12.9. The van der Waals surface area contributed by atoms with Crippen LogP contribution in [-0.2, 0) is 5.88 Å². The Morgan fingerprint density at radius 2 is 1.78 bits per heavy atom. The van der Waals surface area contributed by atoms with Crippen molar-refractivity contribution < 1.29 is 4.39 Å². The number of alkyl halides is 1. The standard InChI is InChI=1S/C15H15ClFN/c1-11-9-12(10-16)3-8-15(11)18(2)14-6-4-13(17)5-7-14/h3-9H,10H2,1-2H3. The van der Waals surface area contributed by atoms with Crippen molar-refractivity contribution in [3.63, 3.8) is 0 Å². The average molecular weight is 264 g/mol. The molecule has 0 spiro atoms. The molecule has 0 unspecified atom stereocenters. The van der Waals surface area contributed by atoms with Gasteiger partial charge in [-0.15, -0.1) is 11.6 Å². The molecule has 0 aliphatic carbocycles. The molecule has 3 heteroatoms. The number of benzene rings is 2. The zero-order chi connectivity index (χ0) is 13.1. The lowest BCUT2D eigenvalue weighted by atomic mass is 10.1. The van der Waals surface area contributed by atoms with Crippen molar-refractivity contribution in [1.29, 1.82) is 0 Å². The van der Waals surface area contributed by atoms with E-state index >= 15 is 0 Å². The summed E-state index contributed by atoms with van der Waals surface area (Å²) in [6.07, 6.45) is 0. The van der Waals surface area contributed by atoms with E-state index in [9.17, 15) is 4.39 Å². The van der Waals surface area contributed by atoms with Gasteiger partial charge in [0.25, 0.3) is 0 Å². The highest BCUT2D eigenvalue weighted by Crippen LogP contribution is 2.27. The van der Waals surface area contributed by atoms with E-state index in [-0.39, 0.29) is 5.82 Å². The van der Waals surface area contributed by atoms with E-state index < -0.39 is 0 Å². The highest BCUT2D eigenvalue weighted by atomic mass is 35.5. The highest BCUT2D eigenvalue weighted by Gasteiger charge is 2.07. The van der Waals surface area contributed by atoms with E-state index in [4.69, 9.17) is 11.6 Å².